The summed E-state index contributed by atoms with van der Waals surface area (Å²) in [5.41, 5.74) is 3.11. The molecule has 0 atom stereocenters. The van der Waals surface area contributed by atoms with Crippen LogP contribution in [-0.4, -0.2) is 17.1 Å². The van der Waals surface area contributed by atoms with Gasteiger partial charge in [0, 0.05) is 10.6 Å². The Morgan fingerprint density at radius 1 is 1.32 bits per heavy atom. The standard InChI is InChI=1S/C14H12N2OS2/c1-8-3-5-11-13(15-8)10(14(17)16-11)7-9-4-6-12(18-2)19-9/h3-7H,1-2H3,(H,16,17). The molecular weight excluding hydrogens is 276 g/mol. The molecule has 3 nitrogen and oxygen atoms in total. The lowest BCUT2D eigenvalue weighted by molar-refractivity contribution is -0.110. The monoisotopic (exact) mass is 288 g/mol. The number of aromatic nitrogens is 1. The van der Waals surface area contributed by atoms with E-state index in [1.807, 2.05) is 37.5 Å². The van der Waals surface area contributed by atoms with Gasteiger partial charge in [-0.1, -0.05) is 0 Å². The first-order chi connectivity index (χ1) is 9.17. The lowest BCUT2D eigenvalue weighted by atomic mass is 10.1. The Morgan fingerprint density at radius 3 is 2.89 bits per heavy atom. The normalized spacial score (nSPS) is 15.7. The van der Waals surface area contributed by atoms with Crippen molar-refractivity contribution in [2.24, 2.45) is 0 Å². The summed E-state index contributed by atoms with van der Waals surface area (Å²) in [6.45, 7) is 1.93. The first kappa shape index (κ1) is 12.4. The molecule has 19 heavy (non-hydrogen) atoms. The molecule has 0 saturated carbocycles. The van der Waals surface area contributed by atoms with E-state index in [2.05, 4.69) is 16.4 Å². The van der Waals surface area contributed by atoms with Crippen LogP contribution in [0.15, 0.2) is 28.5 Å². The van der Waals surface area contributed by atoms with Crippen molar-refractivity contribution in [2.75, 3.05) is 11.6 Å². The summed E-state index contributed by atoms with van der Waals surface area (Å²) in [6, 6.07) is 7.90. The maximum Gasteiger partial charge on any atom is 0.258 e. The lowest BCUT2D eigenvalue weighted by Gasteiger charge is -1.98. The maximum absolute atomic E-state index is 12.0. The number of nitrogens with one attached hydrogen (secondary N) is 1. The summed E-state index contributed by atoms with van der Waals surface area (Å²) in [5.74, 6) is -0.0767. The number of thiophene rings is 1. The predicted octanol–water partition coefficient (Wildman–Crippen LogP) is 3.67. The largest absolute Gasteiger partial charge is 0.320 e. The number of pyridine rings is 1. The molecule has 3 heterocycles. The van der Waals surface area contributed by atoms with Gasteiger partial charge in [-0.15, -0.1) is 23.1 Å². The van der Waals surface area contributed by atoms with Gasteiger partial charge >= 0.3 is 0 Å². The SMILES string of the molecule is CSc1ccc(C=C2C(=O)Nc3ccc(C)nc32)s1. The molecule has 0 aliphatic carbocycles. The van der Waals surface area contributed by atoms with Crippen molar-refractivity contribution in [3.8, 4) is 0 Å². The third kappa shape index (κ3) is 2.31. The topological polar surface area (TPSA) is 42.0 Å². The van der Waals surface area contributed by atoms with Gasteiger partial charge in [0.05, 0.1) is 21.2 Å². The molecule has 0 saturated heterocycles. The molecule has 2 aromatic rings. The van der Waals surface area contributed by atoms with E-state index in [9.17, 15) is 4.79 Å². The zero-order valence-electron chi connectivity index (χ0n) is 10.6. The highest BCUT2D eigenvalue weighted by Gasteiger charge is 2.25. The number of hydrogen-bond donors (Lipinski definition) is 1. The molecule has 1 amide bonds. The number of hydrogen-bond acceptors (Lipinski definition) is 4. The Hall–Kier alpha value is -1.59. The number of anilines is 1. The van der Waals surface area contributed by atoms with E-state index < -0.39 is 0 Å². The van der Waals surface area contributed by atoms with E-state index in [-0.39, 0.29) is 5.91 Å². The van der Waals surface area contributed by atoms with Crippen LogP contribution in [0.25, 0.3) is 11.6 Å². The smallest absolute Gasteiger partial charge is 0.258 e. The molecule has 0 aromatic carbocycles. The number of carbonyl (C=O) groups excluding carboxylic acids is 1. The van der Waals surface area contributed by atoms with E-state index in [4.69, 9.17) is 0 Å². The molecule has 0 bridgehead atoms. The molecule has 0 radical (unpaired) electrons. The van der Waals surface area contributed by atoms with Crippen molar-refractivity contribution in [1.82, 2.24) is 4.98 Å². The maximum atomic E-state index is 12.0. The molecule has 1 aliphatic rings. The summed E-state index contributed by atoms with van der Waals surface area (Å²) in [4.78, 5) is 17.5. The molecule has 0 fully saturated rings. The van der Waals surface area contributed by atoms with Gasteiger partial charge in [0.15, 0.2) is 0 Å². The summed E-state index contributed by atoms with van der Waals surface area (Å²) < 4.78 is 1.24. The zero-order valence-corrected chi connectivity index (χ0v) is 12.2. The van der Waals surface area contributed by atoms with Gasteiger partial charge in [0.25, 0.3) is 5.91 Å². The fourth-order valence-corrected chi connectivity index (χ4v) is 3.47. The Bertz CT molecular complexity index is 689. The van der Waals surface area contributed by atoms with Crippen molar-refractivity contribution in [2.45, 2.75) is 11.1 Å². The molecule has 5 heteroatoms. The third-order valence-electron chi connectivity index (χ3n) is 2.87. The molecular formula is C14H12N2OS2. The number of aryl methyl sites for hydroxylation is 1. The van der Waals surface area contributed by atoms with Crippen LogP contribution in [0.4, 0.5) is 5.69 Å². The molecule has 0 unspecified atom stereocenters. The van der Waals surface area contributed by atoms with Crippen LogP contribution in [0, 0.1) is 6.92 Å². The van der Waals surface area contributed by atoms with Gasteiger partial charge < -0.3 is 5.32 Å². The number of thioether (sulfide) groups is 1. The second kappa shape index (κ2) is 4.83. The minimum atomic E-state index is -0.0767. The van der Waals surface area contributed by atoms with Crippen molar-refractivity contribution in [1.29, 1.82) is 0 Å². The van der Waals surface area contributed by atoms with Crippen LogP contribution in [-0.2, 0) is 4.79 Å². The minimum absolute atomic E-state index is 0.0767. The number of carbonyl (C=O) groups is 1. The van der Waals surface area contributed by atoms with Gasteiger partial charge in [0.2, 0.25) is 0 Å². The van der Waals surface area contributed by atoms with E-state index in [1.54, 1.807) is 23.1 Å². The van der Waals surface area contributed by atoms with Gasteiger partial charge in [-0.3, -0.25) is 9.78 Å². The van der Waals surface area contributed by atoms with E-state index >= 15 is 0 Å². The van der Waals surface area contributed by atoms with E-state index in [1.165, 1.54) is 4.21 Å². The van der Waals surface area contributed by atoms with Crippen LogP contribution < -0.4 is 5.32 Å². The predicted molar refractivity (Wildman–Crippen MR) is 81.6 cm³/mol. The van der Waals surface area contributed by atoms with Crippen molar-refractivity contribution in [3.05, 3.63) is 40.5 Å². The van der Waals surface area contributed by atoms with Crippen molar-refractivity contribution in [3.63, 3.8) is 0 Å². The Balaban J connectivity index is 2.06. The van der Waals surface area contributed by atoms with Crippen LogP contribution in [0.5, 0.6) is 0 Å². The molecule has 2 aromatic heterocycles. The quantitative estimate of drug-likeness (QED) is 0.677. The molecule has 96 valence electrons. The summed E-state index contributed by atoms with van der Waals surface area (Å²) in [7, 11) is 0. The fraction of sp³-hybridized carbons (Fsp3) is 0.143. The van der Waals surface area contributed by atoms with E-state index in [0.29, 0.717) is 5.57 Å². The van der Waals surface area contributed by atoms with Crippen LogP contribution in [0.2, 0.25) is 0 Å². The molecule has 3 rings (SSSR count). The summed E-state index contributed by atoms with van der Waals surface area (Å²) >= 11 is 3.39. The highest BCUT2D eigenvalue weighted by atomic mass is 32.2. The average Bonchev–Trinajstić information content (AvgIpc) is 2.96. The number of rotatable bonds is 2. The van der Waals surface area contributed by atoms with Gasteiger partial charge in [-0.05, 0) is 43.5 Å². The fourth-order valence-electron chi connectivity index (χ4n) is 1.96. The molecule has 0 spiro atoms. The molecule has 1 N–H and O–H groups in total. The second-order valence-corrected chi connectivity index (χ2v) is 6.44. The van der Waals surface area contributed by atoms with E-state index in [0.717, 1.165) is 22.0 Å². The van der Waals surface area contributed by atoms with Crippen LogP contribution in [0.3, 0.4) is 0 Å². The van der Waals surface area contributed by atoms with Gasteiger partial charge in [0.1, 0.15) is 0 Å². The number of nitrogens with zero attached hydrogens (tertiary/aromatic N) is 1. The first-order valence-corrected chi connectivity index (χ1v) is 7.86. The van der Waals surface area contributed by atoms with Gasteiger partial charge in [-0.25, -0.2) is 0 Å². The summed E-state index contributed by atoms with van der Waals surface area (Å²) in [6.07, 6.45) is 3.96. The first-order valence-electron chi connectivity index (χ1n) is 5.82. The average molecular weight is 288 g/mol. The van der Waals surface area contributed by atoms with Gasteiger partial charge in [-0.2, -0.15) is 0 Å². The zero-order chi connectivity index (χ0) is 13.4. The molecule has 1 aliphatic heterocycles. The third-order valence-corrected chi connectivity index (χ3v) is 4.99. The minimum Gasteiger partial charge on any atom is -0.320 e. The lowest BCUT2D eigenvalue weighted by Crippen LogP contribution is -2.03. The number of amides is 1. The Kier molecular flexibility index (Phi) is 3.16. The Labute approximate surface area is 119 Å². The second-order valence-electron chi connectivity index (χ2n) is 4.22. The number of fused-ring (bicyclic) bond motifs is 1. The van der Waals surface area contributed by atoms with Crippen LogP contribution >= 0.6 is 23.1 Å². The summed E-state index contributed by atoms with van der Waals surface area (Å²) in [5, 5.41) is 2.85. The van der Waals surface area contributed by atoms with Crippen molar-refractivity contribution >= 4 is 46.3 Å². The van der Waals surface area contributed by atoms with Crippen molar-refractivity contribution < 1.29 is 4.79 Å². The highest BCUT2D eigenvalue weighted by Crippen LogP contribution is 2.34. The Morgan fingerprint density at radius 2 is 2.16 bits per heavy atom. The van der Waals surface area contributed by atoms with Crippen LogP contribution in [0.1, 0.15) is 16.3 Å². The highest BCUT2D eigenvalue weighted by molar-refractivity contribution is 8.00.